The Morgan fingerprint density at radius 1 is 1.48 bits per heavy atom. The zero-order valence-corrected chi connectivity index (χ0v) is 13.1. The molecule has 0 radical (unpaired) electrons. The Morgan fingerprint density at radius 3 is 2.81 bits per heavy atom. The number of allylic oxidation sites excluding steroid dienone is 1. The second kappa shape index (κ2) is 8.82. The van der Waals surface area contributed by atoms with Crippen LogP contribution in [-0.2, 0) is 9.53 Å². The van der Waals surface area contributed by atoms with E-state index in [1.54, 1.807) is 7.11 Å². The summed E-state index contributed by atoms with van der Waals surface area (Å²) in [6.07, 6.45) is 2.30. The van der Waals surface area contributed by atoms with Gasteiger partial charge in [0.15, 0.2) is 0 Å². The molecule has 0 bridgehead atoms. The van der Waals surface area contributed by atoms with Crippen molar-refractivity contribution in [2.75, 3.05) is 20.2 Å². The number of hydrogen-bond acceptors (Lipinski definition) is 3. The number of methoxy groups -OCH3 is 1. The molecule has 1 heterocycles. The molecule has 1 fully saturated rings. The van der Waals surface area contributed by atoms with Gasteiger partial charge >= 0.3 is 0 Å². The third kappa shape index (κ3) is 4.84. The number of rotatable bonds is 6. The van der Waals surface area contributed by atoms with E-state index < -0.39 is 0 Å². The smallest absolute Gasteiger partial charge is 0.221 e. The van der Waals surface area contributed by atoms with Gasteiger partial charge < -0.3 is 15.4 Å². The average Bonchev–Trinajstić information content (AvgIpc) is 2.92. The van der Waals surface area contributed by atoms with Crippen molar-refractivity contribution >= 4 is 18.3 Å². The summed E-state index contributed by atoms with van der Waals surface area (Å²) in [5.74, 6) is 0.0843. The zero-order chi connectivity index (χ0) is 14.4. The van der Waals surface area contributed by atoms with Crippen LogP contribution in [0.2, 0.25) is 0 Å². The molecule has 0 aromatic heterocycles. The minimum atomic E-state index is 0. The van der Waals surface area contributed by atoms with Crippen molar-refractivity contribution in [2.24, 2.45) is 0 Å². The predicted octanol–water partition coefficient (Wildman–Crippen LogP) is 1.87. The Bertz CT molecular complexity index is 453. The maximum Gasteiger partial charge on any atom is 0.221 e. The quantitative estimate of drug-likeness (QED) is 0.789. The van der Waals surface area contributed by atoms with Gasteiger partial charge in [-0.3, -0.25) is 4.79 Å². The first-order valence-corrected chi connectivity index (χ1v) is 6.95. The molecule has 1 amide bonds. The van der Waals surface area contributed by atoms with Crippen molar-refractivity contribution in [3.63, 3.8) is 0 Å². The molecule has 116 valence electrons. The molecule has 5 heteroatoms. The van der Waals surface area contributed by atoms with Crippen LogP contribution in [-0.4, -0.2) is 38.3 Å². The molecule has 1 saturated heterocycles. The Balaban J connectivity index is 0.00000220. The summed E-state index contributed by atoms with van der Waals surface area (Å²) in [6, 6.07) is 10.0. The molecular formula is C16H23ClN2O2. The normalized spacial score (nSPS) is 22.1. The molecular weight excluding hydrogens is 288 g/mol. The first-order chi connectivity index (χ1) is 9.74. The van der Waals surface area contributed by atoms with Gasteiger partial charge in [-0.25, -0.2) is 0 Å². The average molecular weight is 311 g/mol. The Labute approximate surface area is 132 Å². The van der Waals surface area contributed by atoms with E-state index in [9.17, 15) is 4.79 Å². The summed E-state index contributed by atoms with van der Waals surface area (Å²) >= 11 is 0. The van der Waals surface area contributed by atoms with Crippen LogP contribution in [0, 0.1) is 0 Å². The second-order valence-corrected chi connectivity index (χ2v) is 5.06. The Hall–Kier alpha value is -1.36. The van der Waals surface area contributed by atoms with Gasteiger partial charge in [-0.2, -0.15) is 0 Å². The van der Waals surface area contributed by atoms with Crippen molar-refractivity contribution in [3.8, 4) is 0 Å². The highest BCUT2D eigenvalue weighted by atomic mass is 35.5. The van der Waals surface area contributed by atoms with Crippen LogP contribution in [0.3, 0.4) is 0 Å². The minimum absolute atomic E-state index is 0. The Kier molecular flexibility index (Phi) is 7.43. The topological polar surface area (TPSA) is 50.4 Å². The maximum atomic E-state index is 12.2. The summed E-state index contributed by atoms with van der Waals surface area (Å²) in [7, 11) is 1.67. The van der Waals surface area contributed by atoms with Crippen LogP contribution >= 0.6 is 12.4 Å². The molecule has 0 saturated carbocycles. The molecule has 2 unspecified atom stereocenters. The van der Waals surface area contributed by atoms with Crippen molar-refractivity contribution < 1.29 is 9.53 Å². The Morgan fingerprint density at radius 2 is 2.19 bits per heavy atom. The fourth-order valence-electron chi connectivity index (χ4n) is 2.55. The SMILES string of the molecule is C=CC(CC(=O)NC1CNC[C@@H]1OC)c1ccccc1.Cl. The monoisotopic (exact) mass is 310 g/mol. The van der Waals surface area contributed by atoms with Crippen molar-refractivity contribution in [1.29, 1.82) is 0 Å². The molecule has 21 heavy (non-hydrogen) atoms. The third-order valence-corrected chi connectivity index (χ3v) is 3.73. The lowest BCUT2D eigenvalue weighted by atomic mass is 9.95. The highest BCUT2D eigenvalue weighted by molar-refractivity contribution is 5.85. The lowest BCUT2D eigenvalue weighted by Gasteiger charge is -2.20. The summed E-state index contributed by atoms with van der Waals surface area (Å²) in [5.41, 5.74) is 1.12. The molecule has 1 aromatic carbocycles. The van der Waals surface area contributed by atoms with Crippen LogP contribution in [0.5, 0.6) is 0 Å². The van der Waals surface area contributed by atoms with E-state index >= 15 is 0 Å². The van der Waals surface area contributed by atoms with E-state index in [1.165, 1.54) is 0 Å². The van der Waals surface area contributed by atoms with Crippen LogP contribution in [0.4, 0.5) is 0 Å². The van der Waals surface area contributed by atoms with Crippen LogP contribution in [0.1, 0.15) is 17.9 Å². The van der Waals surface area contributed by atoms with Gasteiger partial charge in [-0.1, -0.05) is 36.4 Å². The van der Waals surface area contributed by atoms with Crippen LogP contribution in [0.25, 0.3) is 0 Å². The third-order valence-electron chi connectivity index (χ3n) is 3.73. The first kappa shape index (κ1) is 17.7. The van der Waals surface area contributed by atoms with E-state index in [-0.39, 0.29) is 36.4 Å². The van der Waals surface area contributed by atoms with Gasteiger partial charge in [-0.15, -0.1) is 19.0 Å². The fourth-order valence-corrected chi connectivity index (χ4v) is 2.55. The molecule has 2 rings (SSSR count). The van der Waals surface area contributed by atoms with E-state index in [0.29, 0.717) is 6.42 Å². The molecule has 0 spiro atoms. The van der Waals surface area contributed by atoms with Gasteiger partial charge in [-0.05, 0) is 5.56 Å². The van der Waals surface area contributed by atoms with Gasteiger partial charge in [0.05, 0.1) is 12.1 Å². The lowest BCUT2D eigenvalue weighted by molar-refractivity contribution is -0.122. The van der Waals surface area contributed by atoms with Crippen molar-refractivity contribution in [2.45, 2.75) is 24.5 Å². The number of ether oxygens (including phenoxy) is 1. The highest BCUT2D eigenvalue weighted by Gasteiger charge is 2.28. The second-order valence-electron chi connectivity index (χ2n) is 5.06. The number of halogens is 1. The number of nitrogens with one attached hydrogen (secondary N) is 2. The highest BCUT2D eigenvalue weighted by Crippen LogP contribution is 2.20. The van der Waals surface area contributed by atoms with Gasteiger partial charge in [0.1, 0.15) is 0 Å². The predicted molar refractivity (Wildman–Crippen MR) is 86.8 cm³/mol. The van der Waals surface area contributed by atoms with Gasteiger partial charge in [0.25, 0.3) is 0 Å². The molecule has 4 nitrogen and oxygen atoms in total. The molecule has 0 aliphatic carbocycles. The maximum absolute atomic E-state index is 12.2. The fraction of sp³-hybridized carbons (Fsp3) is 0.438. The molecule has 1 aromatic rings. The number of carbonyl (C=O) groups excluding carboxylic acids is 1. The van der Waals surface area contributed by atoms with E-state index in [2.05, 4.69) is 17.2 Å². The first-order valence-electron chi connectivity index (χ1n) is 6.95. The molecule has 3 atom stereocenters. The van der Waals surface area contributed by atoms with Gasteiger partial charge in [0, 0.05) is 32.5 Å². The number of benzene rings is 1. The number of hydrogen-bond donors (Lipinski definition) is 2. The van der Waals surface area contributed by atoms with Crippen LogP contribution in [0.15, 0.2) is 43.0 Å². The summed E-state index contributed by atoms with van der Waals surface area (Å²) in [5, 5.41) is 6.26. The molecule has 1 aliphatic heterocycles. The molecule has 1 aliphatic rings. The largest absolute Gasteiger partial charge is 0.378 e. The molecule has 2 N–H and O–H groups in total. The number of carbonyl (C=O) groups is 1. The van der Waals surface area contributed by atoms with Gasteiger partial charge in [0.2, 0.25) is 5.91 Å². The summed E-state index contributed by atoms with van der Waals surface area (Å²) < 4.78 is 5.34. The van der Waals surface area contributed by atoms with Crippen molar-refractivity contribution in [3.05, 3.63) is 48.6 Å². The van der Waals surface area contributed by atoms with E-state index in [4.69, 9.17) is 4.74 Å². The van der Waals surface area contributed by atoms with Crippen molar-refractivity contribution in [1.82, 2.24) is 10.6 Å². The number of amides is 1. The van der Waals surface area contributed by atoms with Crippen LogP contribution < -0.4 is 10.6 Å². The van der Waals surface area contributed by atoms with E-state index in [1.807, 2.05) is 36.4 Å². The lowest BCUT2D eigenvalue weighted by Crippen LogP contribution is -2.43. The zero-order valence-electron chi connectivity index (χ0n) is 12.2. The summed E-state index contributed by atoms with van der Waals surface area (Å²) in [4.78, 5) is 12.2. The summed E-state index contributed by atoms with van der Waals surface area (Å²) in [6.45, 7) is 5.38. The van der Waals surface area contributed by atoms with E-state index in [0.717, 1.165) is 18.7 Å². The standard InChI is InChI=1S/C16H22N2O2.ClH/c1-3-12(13-7-5-4-6-8-13)9-16(19)18-14-10-17-11-15(14)20-2;/h3-8,12,14-15,17H,1,9-11H2,2H3,(H,18,19);1H/t12?,14?,15-;/m0./s1. The minimum Gasteiger partial charge on any atom is -0.378 e.